The number of hydrogen-bond donors (Lipinski definition) is 2. The molecule has 5 heteroatoms. The summed E-state index contributed by atoms with van der Waals surface area (Å²) >= 11 is 0. The van der Waals surface area contributed by atoms with Gasteiger partial charge in [0.1, 0.15) is 0 Å². The molecule has 0 aromatic carbocycles. The van der Waals surface area contributed by atoms with Crippen molar-refractivity contribution < 1.29 is 9.90 Å². The summed E-state index contributed by atoms with van der Waals surface area (Å²) in [6.45, 7) is 3.38. The highest BCUT2D eigenvalue weighted by Gasteiger charge is 2.25. The number of carbonyl (C=O) groups is 1. The number of aliphatic hydroxyl groups is 1. The second-order valence-corrected chi connectivity index (χ2v) is 5.02. The topological polar surface area (TPSA) is 65.5 Å². The lowest BCUT2D eigenvalue weighted by Gasteiger charge is -2.33. The number of piperidine rings is 1. The summed E-state index contributed by atoms with van der Waals surface area (Å²) in [5, 5.41) is 12.2. The lowest BCUT2D eigenvalue weighted by Crippen LogP contribution is -2.42. The van der Waals surface area contributed by atoms with Crippen LogP contribution in [-0.4, -0.2) is 36.1 Å². The fourth-order valence-corrected chi connectivity index (χ4v) is 2.46. The molecular weight excluding hydrogens is 242 g/mol. The number of nitrogens with one attached hydrogen (secondary N) is 1. The zero-order valence-electron chi connectivity index (χ0n) is 11.5. The van der Waals surface area contributed by atoms with Crippen molar-refractivity contribution in [3.63, 3.8) is 0 Å². The molecule has 2 rings (SSSR count). The largest absolute Gasteiger partial charge is 0.387 e. The van der Waals surface area contributed by atoms with Gasteiger partial charge in [-0.2, -0.15) is 0 Å². The molecule has 0 bridgehead atoms. The van der Waals surface area contributed by atoms with E-state index in [2.05, 4.69) is 15.2 Å². The van der Waals surface area contributed by atoms with Gasteiger partial charge in [0.05, 0.1) is 29.6 Å². The second-order valence-electron chi connectivity index (χ2n) is 5.02. The minimum Gasteiger partial charge on any atom is -0.387 e. The van der Waals surface area contributed by atoms with Gasteiger partial charge in [0.25, 0.3) is 0 Å². The molecule has 0 saturated carbocycles. The van der Waals surface area contributed by atoms with Gasteiger partial charge in [0.2, 0.25) is 5.91 Å². The fourth-order valence-electron chi connectivity index (χ4n) is 2.46. The van der Waals surface area contributed by atoms with Crippen LogP contribution in [0.25, 0.3) is 0 Å². The van der Waals surface area contributed by atoms with Crippen molar-refractivity contribution in [2.45, 2.75) is 25.9 Å². The molecule has 1 aliphatic rings. The van der Waals surface area contributed by atoms with Crippen molar-refractivity contribution in [2.75, 3.05) is 25.0 Å². The van der Waals surface area contributed by atoms with Gasteiger partial charge in [-0.1, -0.05) is 0 Å². The van der Waals surface area contributed by atoms with Crippen molar-refractivity contribution in [1.82, 2.24) is 10.3 Å². The minimum atomic E-state index is -0.547. The Morgan fingerprint density at radius 2 is 2.37 bits per heavy atom. The van der Waals surface area contributed by atoms with Crippen LogP contribution in [-0.2, 0) is 4.79 Å². The Morgan fingerprint density at radius 3 is 2.95 bits per heavy atom. The smallest absolute Gasteiger partial charge is 0.224 e. The van der Waals surface area contributed by atoms with Crippen molar-refractivity contribution in [3.8, 4) is 0 Å². The average molecular weight is 263 g/mol. The Labute approximate surface area is 113 Å². The van der Waals surface area contributed by atoms with E-state index >= 15 is 0 Å². The average Bonchev–Trinajstić information content (AvgIpc) is 2.46. The predicted molar refractivity (Wildman–Crippen MR) is 73.9 cm³/mol. The van der Waals surface area contributed by atoms with Gasteiger partial charge in [-0.15, -0.1) is 0 Å². The zero-order chi connectivity index (χ0) is 13.8. The normalized spacial score (nSPS) is 21.0. The van der Waals surface area contributed by atoms with Crippen LogP contribution in [0.5, 0.6) is 0 Å². The van der Waals surface area contributed by atoms with Crippen molar-refractivity contribution >= 4 is 11.6 Å². The Balaban J connectivity index is 2.06. The molecule has 1 amide bonds. The summed E-state index contributed by atoms with van der Waals surface area (Å²) in [5.41, 5.74) is 1.68. The molecule has 1 aromatic rings. The van der Waals surface area contributed by atoms with E-state index in [1.807, 2.05) is 12.1 Å². The maximum absolute atomic E-state index is 11.7. The summed E-state index contributed by atoms with van der Waals surface area (Å²) in [7, 11) is 1.68. The van der Waals surface area contributed by atoms with Crippen molar-refractivity contribution in [2.24, 2.45) is 5.92 Å². The standard InChI is InChI=1S/C14H21N3O2/c1-10(18)13-6-5-12(8-16-13)17-7-3-4-11(9-17)14(19)15-2/h5-6,8,10-11,18H,3-4,7,9H2,1-2H3,(H,15,19)/t10-,11?/m0/s1. The van der Waals surface area contributed by atoms with Gasteiger partial charge < -0.3 is 15.3 Å². The molecule has 1 unspecified atom stereocenters. The van der Waals surface area contributed by atoms with Crippen LogP contribution >= 0.6 is 0 Å². The Morgan fingerprint density at radius 1 is 1.58 bits per heavy atom. The lowest BCUT2D eigenvalue weighted by atomic mass is 9.97. The van der Waals surface area contributed by atoms with Crippen molar-refractivity contribution in [1.29, 1.82) is 0 Å². The number of nitrogens with zero attached hydrogens (tertiary/aromatic N) is 2. The first-order valence-corrected chi connectivity index (χ1v) is 6.72. The van der Waals surface area contributed by atoms with Crippen LogP contribution in [0.3, 0.4) is 0 Å². The molecule has 2 heterocycles. The molecule has 2 atom stereocenters. The molecule has 1 aliphatic heterocycles. The van der Waals surface area contributed by atoms with Gasteiger partial charge in [-0.25, -0.2) is 0 Å². The third kappa shape index (κ3) is 3.23. The Kier molecular flexibility index (Phi) is 4.37. The lowest BCUT2D eigenvalue weighted by molar-refractivity contribution is -0.124. The molecule has 0 spiro atoms. The van der Waals surface area contributed by atoms with Crippen molar-refractivity contribution in [3.05, 3.63) is 24.0 Å². The summed E-state index contributed by atoms with van der Waals surface area (Å²) in [6, 6.07) is 3.80. The van der Waals surface area contributed by atoms with E-state index in [1.54, 1.807) is 20.2 Å². The number of carbonyl (C=O) groups excluding carboxylic acids is 1. The van der Waals surface area contributed by atoms with E-state index in [0.717, 1.165) is 31.6 Å². The molecule has 1 saturated heterocycles. The summed E-state index contributed by atoms with van der Waals surface area (Å²) < 4.78 is 0. The molecule has 0 aliphatic carbocycles. The van der Waals surface area contributed by atoms with Gasteiger partial charge in [-0.05, 0) is 31.9 Å². The SMILES string of the molecule is CNC(=O)C1CCCN(c2ccc([C@H](C)O)nc2)C1. The summed E-state index contributed by atoms with van der Waals surface area (Å²) in [4.78, 5) is 18.1. The van der Waals surface area contributed by atoms with E-state index in [1.165, 1.54) is 0 Å². The van der Waals surface area contributed by atoms with E-state index in [-0.39, 0.29) is 11.8 Å². The molecular formula is C14H21N3O2. The highest BCUT2D eigenvalue weighted by Crippen LogP contribution is 2.23. The molecule has 19 heavy (non-hydrogen) atoms. The van der Waals surface area contributed by atoms with Crippen LogP contribution in [0.2, 0.25) is 0 Å². The maximum atomic E-state index is 11.7. The monoisotopic (exact) mass is 263 g/mol. The molecule has 5 nitrogen and oxygen atoms in total. The molecule has 1 aromatic heterocycles. The minimum absolute atomic E-state index is 0.0511. The molecule has 2 N–H and O–H groups in total. The summed E-state index contributed by atoms with van der Waals surface area (Å²) in [6.07, 6.45) is 3.17. The molecule has 104 valence electrons. The Bertz CT molecular complexity index is 431. The first-order chi connectivity index (χ1) is 9.11. The molecule has 1 fully saturated rings. The first-order valence-electron chi connectivity index (χ1n) is 6.72. The maximum Gasteiger partial charge on any atom is 0.224 e. The Hall–Kier alpha value is -1.62. The van der Waals surface area contributed by atoms with Gasteiger partial charge in [0, 0.05) is 20.1 Å². The van der Waals surface area contributed by atoms with Crippen LogP contribution in [0, 0.1) is 5.92 Å². The number of rotatable bonds is 3. The number of aliphatic hydroxyl groups excluding tert-OH is 1. The number of hydrogen-bond acceptors (Lipinski definition) is 4. The van der Waals surface area contributed by atoms with Crippen LogP contribution < -0.4 is 10.2 Å². The predicted octanol–water partition coefficient (Wildman–Crippen LogP) is 1.10. The quantitative estimate of drug-likeness (QED) is 0.857. The third-order valence-corrected chi connectivity index (χ3v) is 3.60. The van der Waals surface area contributed by atoms with Gasteiger partial charge in [-0.3, -0.25) is 9.78 Å². The van der Waals surface area contributed by atoms with E-state index in [9.17, 15) is 9.90 Å². The highest BCUT2D eigenvalue weighted by atomic mass is 16.3. The van der Waals surface area contributed by atoms with Crippen LogP contribution in [0.4, 0.5) is 5.69 Å². The molecule has 0 radical (unpaired) electrons. The fraction of sp³-hybridized carbons (Fsp3) is 0.571. The van der Waals surface area contributed by atoms with Gasteiger partial charge >= 0.3 is 0 Å². The van der Waals surface area contributed by atoms with Crippen LogP contribution in [0.15, 0.2) is 18.3 Å². The number of anilines is 1. The van der Waals surface area contributed by atoms with Gasteiger partial charge in [0.15, 0.2) is 0 Å². The zero-order valence-corrected chi connectivity index (χ0v) is 11.5. The van der Waals surface area contributed by atoms with E-state index in [0.29, 0.717) is 5.69 Å². The first kappa shape index (κ1) is 13.8. The third-order valence-electron chi connectivity index (χ3n) is 3.60. The highest BCUT2D eigenvalue weighted by molar-refractivity contribution is 5.79. The number of aromatic nitrogens is 1. The summed E-state index contributed by atoms with van der Waals surface area (Å²) in [5.74, 6) is 0.161. The van der Waals surface area contributed by atoms with E-state index in [4.69, 9.17) is 0 Å². The second kappa shape index (κ2) is 6.02. The van der Waals surface area contributed by atoms with Crippen LogP contribution in [0.1, 0.15) is 31.6 Å². The number of amides is 1. The van der Waals surface area contributed by atoms with E-state index < -0.39 is 6.10 Å². The number of pyridine rings is 1.